The zero-order valence-electron chi connectivity index (χ0n) is 24.6. The first-order chi connectivity index (χ1) is 18.0. The number of carbonyl (C=O) groups excluding carboxylic acids is 2. The molecule has 39 heavy (non-hydrogen) atoms. The second kappa shape index (κ2) is 9.41. The average Bonchev–Trinajstić information content (AvgIpc) is 3.20. The van der Waals surface area contributed by atoms with Crippen LogP contribution in [-0.4, -0.2) is 53.1 Å². The van der Waals surface area contributed by atoms with Crippen molar-refractivity contribution in [3.05, 3.63) is 52.4 Å². The summed E-state index contributed by atoms with van der Waals surface area (Å²) >= 11 is 1.15. The Bertz CT molecular complexity index is 1390. The first-order valence-corrected chi connectivity index (χ1v) is 19.2. The highest BCUT2D eigenvalue weighted by atomic mass is 32.2. The maximum atomic E-state index is 14.9. The molecule has 214 valence electrons. The lowest BCUT2D eigenvalue weighted by molar-refractivity contribution is -0.288. The van der Waals surface area contributed by atoms with Crippen LogP contribution >= 0.6 is 11.8 Å². The van der Waals surface area contributed by atoms with Crippen LogP contribution < -0.4 is 0 Å². The lowest BCUT2D eigenvalue weighted by Crippen LogP contribution is -2.78. The molecular formula is C29H40O7S2Si. The summed E-state index contributed by atoms with van der Waals surface area (Å²) in [6.45, 7) is 15.5. The van der Waals surface area contributed by atoms with Gasteiger partial charge < -0.3 is 13.7 Å². The third-order valence-corrected chi connectivity index (χ3v) is 13.6. The number of fused-ring (bicyclic) bond motifs is 1. The molecule has 1 saturated carbocycles. The minimum absolute atomic E-state index is 0.00367. The molecule has 0 aliphatic heterocycles. The molecule has 0 saturated heterocycles. The van der Waals surface area contributed by atoms with Gasteiger partial charge in [-0.3, -0.25) is 9.59 Å². The van der Waals surface area contributed by atoms with Gasteiger partial charge in [0.2, 0.25) is 11.6 Å². The molecule has 0 N–H and O–H groups in total. The van der Waals surface area contributed by atoms with Crippen molar-refractivity contribution in [3.63, 3.8) is 0 Å². The molecule has 10 heteroatoms. The molecule has 4 aliphatic rings. The summed E-state index contributed by atoms with van der Waals surface area (Å²) in [5.74, 6) is -1.87. The van der Waals surface area contributed by atoms with E-state index in [1.807, 2.05) is 26.8 Å². The Labute approximate surface area is 237 Å². The van der Waals surface area contributed by atoms with Gasteiger partial charge in [-0.15, -0.1) is 0 Å². The van der Waals surface area contributed by atoms with Crippen LogP contribution in [0.1, 0.15) is 39.7 Å². The van der Waals surface area contributed by atoms with Crippen molar-refractivity contribution in [3.8, 4) is 0 Å². The van der Waals surface area contributed by atoms with Crippen molar-refractivity contribution in [1.82, 2.24) is 0 Å². The molecule has 4 atom stereocenters. The number of thioether (sulfide) groups is 1. The number of aryl methyl sites for hydroxylation is 1. The largest absolute Gasteiger partial charge is 0.383 e. The van der Waals surface area contributed by atoms with E-state index in [4.69, 9.17) is 13.7 Å². The summed E-state index contributed by atoms with van der Waals surface area (Å²) < 4.78 is 46.2. The smallest absolute Gasteiger partial charge is 0.338 e. The quantitative estimate of drug-likeness (QED) is 0.165. The van der Waals surface area contributed by atoms with Crippen LogP contribution in [0.15, 0.2) is 51.8 Å². The number of carbonyl (C=O) groups is 2. The molecule has 2 bridgehead atoms. The molecule has 5 rings (SSSR count). The highest BCUT2D eigenvalue weighted by molar-refractivity contribution is 8.13. The van der Waals surface area contributed by atoms with Gasteiger partial charge in [-0.2, -0.15) is 8.42 Å². The third-order valence-electron chi connectivity index (χ3n) is 9.28. The van der Waals surface area contributed by atoms with E-state index in [-0.39, 0.29) is 27.5 Å². The van der Waals surface area contributed by atoms with Gasteiger partial charge in [0.15, 0.2) is 5.12 Å². The summed E-state index contributed by atoms with van der Waals surface area (Å²) in [4.78, 5) is 29.2. The molecule has 0 heterocycles. The standard InChI is InChI=1S/C29H40O7S2Si/c1-11-37-25(31)26(4)21-17-14-19(3)28(21)23(39(8,9)10)22(27(26,5)29(34-6,35-7)24(28)30)36-38(32,33)20-15-12-18(2)13-16-20/h12-13,15-17,19H,11,14H2,1-10H3/t19-,26?,27?,28?/m0/s1. The van der Waals surface area contributed by atoms with E-state index in [1.54, 1.807) is 26.0 Å². The van der Waals surface area contributed by atoms with Crippen molar-refractivity contribution in [1.29, 1.82) is 0 Å². The van der Waals surface area contributed by atoms with Gasteiger partial charge in [0.25, 0.3) is 0 Å². The SMILES string of the molecule is CCSC(=O)C1(C)C2=CC[C@H](C)C23C(=O)C(OC)(OC)C1(C)C(OS(=O)(=O)c1ccc(C)cc1)=C3[Si](C)(C)C. The van der Waals surface area contributed by atoms with E-state index >= 15 is 0 Å². The molecule has 0 amide bonds. The number of benzene rings is 1. The number of rotatable bonds is 8. The number of ether oxygens (including phenoxy) is 2. The first-order valence-electron chi connectivity index (χ1n) is 13.3. The van der Waals surface area contributed by atoms with E-state index in [1.165, 1.54) is 26.4 Å². The predicted molar refractivity (Wildman–Crippen MR) is 155 cm³/mol. The van der Waals surface area contributed by atoms with E-state index in [9.17, 15) is 18.0 Å². The molecule has 3 unspecified atom stereocenters. The van der Waals surface area contributed by atoms with Crippen LogP contribution in [0.3, 0.4) is 0 Å². The first kappa shape index (κ1) is 30.2. The Balaban J connectivity index is 2.21. The third kappa shape index (κ3) is 3.57. The van der Waals surface area contributed by atoms with Gasteiger partial charge >= 0.3 is 10.1 Å². The zero-order chi connectivity index (χ0) is 29.4. The molecule has 4 aliphatic carbocycles. The van der Waals surface area contributed by atoms with E-state index in [2.05, 4.69) is 19.6 Å². The molecule has 7 nitrogen and oxygen atoms in total. The molecule has 0 radical (unpaired) electrons. The molecule has 1 aromatic carbocycles. The van der Waals surface area contributed by atoms with E-state index in [0.717, 1.165) is 22.9 Å². The van der Waals surface area contributed by atoms with Crippen LogP contribution in [0.5, 0.6) is 0 Å². The van der Waals surface area contributed by atoms with Crippen LogP contribution in [0.25, 0.3) is 0 Å². The van der Waals surface area contributed by atoms with E-state index in [0.29, 0.717) is 17.4 Å². The molecule has 1 spiro atoms. The molecule has 0 aromatic heterocycles. The van der Waals surface area contributed by atoms with Gasteiger partial charge in [0.1, 0.15) is 16.1 Å². The van der Waals surface area contributed by atoms with Crippen molar-refractivity contribution < 1.29 is 31.7 Å². The molecule has 1 fully saturated rings. The maximum Gasteiger partial charge on any atom is 0.338 e. The Kier molecular flexibility index (Phi) is 7.29. The van der Waals surface area contributed by atoms with Gasteiger partial charge in [-0.05, 0) is 61.8 Å². The second-order valence-electron chi connectivity index (χ2n) is 12.2. The number of Topliss-reactive ketones (excluding diaryl/α,β-unsaturated/α-hetero) is 1. The maximum absolute atomic E-state index is 14.9. The van der Waals surface area contributed by atoms with Crippen LogP contribution in [0, 0.1) is 29.1 Å². The predicted octanol–water partition coefficient (Wildman–Crippen LogP) is 5.66. The van der Waals surface area contributed by atoms with Gasteiger partial charge in [-0.25, -0.2) is 0 Å². The van der Waals surface area contributed by atoms with Crippen molar-refractivity contribution >= 4 is 40.9 Å². The summed E-state index contributed by atoms with van der Waals surface area (Å²) in [5.41, 5.74) is -2.62. The van der Waals surface area contributed by atoms with Gasteiger partial charge in [-0.1, -0.05) is 69.0 Å². The lowest BCUT2D eigenvalue weighted by Gasteiger charge is -2.68. The summed E-state index contributed by atoms with van der Waals surface area (Å²) in [6.07, 6.45) is 2.59. The number of allylic oxidation sites excluding steroid dienone is 3. The minimum Gasteiger partial charge on any atom is -0.383 e. The number of ketones is 1. The van der Waals surface area contributed by atoms with Crippen LogP contribution in [0.2, 0.25) is 19.6 Å². The number of methoxy groups -OCH3 is 2. The van der Waals surface area contributed by atoms with Crippen LogP contribution in [0.4, 0.5) is 0 Å². The Hall–Kier alpha value is -1.72. The van der Waals surface area contributed by atoms with Gasteiger partial charge in [0, 0.05) is 14.2 Å². The highest BCUT2D eigenvalue weighted by Crippen LogP contribution is 2.78. The highest BCUT2D eigenvalue weighted by Gasteiger charge is 2.85. The van der Waals surface area contributed by atoms with Crippen LogP contribution in [-0.2, 0) is 33.4 Å². The monoisotopic (exact) mass is 592 g/mol. The fourth-order valence-corrected chi connectivity index (χ4v) is 12.0. The van der Waals surface area contributed by atoms with Crippen molar-refractivity contribution in [2.45, 2.75) is 71.4 Å². The Morgan fingerprint density at radius 1 is 1.10 bits per heavy atom. The minimum atomic E-state index is -4.35. The summed E-state index contributed by atoms with van der Waals surface area (Å²) in [7, 11) is -4.10. The summed E-state index contributed by atoms with van der Waals surface area (Å²) in [5, 5.41) is 0.526. The van der Waals surface area contributed by atoms with E-state index < -0.39 is 40.2 Å². The number of hydrogen-bond donors (Lipinski definition) is 0. The Morgan fingerprint density at radius 2 is 1.67 bits per heavy atom. The fraction of sp³-hybridized carbons (Fsp3) is 0.586. The Morgan fingerprint density at radius 3 is 2.15 bits per heavy atom. The number of hydrogen-bond acceptors (Lipinski definition) is 8. The average molecular weight is 593 g/mol. The molecule has 1 aromatic rings. The zero-order valence-corrected chi connectivity index (χ0v) is 27.2. The fourth-order valence-electron chi connectivity index (χ4n) is 7.41. The van der Waals surface area contributed by atoms with Crippen molar-refractivity contribution in [2.24, 2.45) is 22.2 Å². The topological polar surface area (TPSA) is 96.0 Å². The van der Waals surface area contributed by atoms with Gasteiger partial charge in [0.05, 0.1) is 18.9 Å². The van der Waals surface area contributed by atoms with Crippen molar-refractivity contribution in [2.75, 3.05) is 20.0 Å². The lowest BCUT2D eigenvalue weighted by atomic mass is 9.40. The molecular weight excluding hydrogens is 553 g/mol. The second-order valence-corrected chi connectivity index (χ2v) is 20.0. The summed E-state index contributed by atoms with van der Waals surface area (Å²) in [6, 6.07) is 6.43. The normalized spacial score (nSPS) is 31.8.